The molecule has 0 aromatic carbocycles. The van der Waals surface area contributed by atoms with Gasteiger partial charge in [-0.1, -0.05) is 52.7 Å². The first-order chi connectivity index (χ1) is 10.9. The molecule has 24 heavy (non-hydrogen) atoms. The van der Waals surface area contributed by atoms with E-state index in [1.165, 1.54) is 24.8 Å². The Hall–Kier alpha value is -1.07. The molecule has 0 rings (SSSR count). The van der Waals surface area contributed by atoms with Gasteiger partial charge in [0.15, 0.2) is 0 Å². The molecule has 2 N–H and O–H groups in total. The highest BCUT2D eigenvalue weighted by atomic mass is 17.2. The van der Waals surface area contributed by atoms with Crippen molar-refractivity contribution in [2.75, 3.05) is 6.61 Å². The summed E-state index contributed by atoms with van der Waals surface area (Å²) in [7, 11) is 0. The van der Waals surface area contributed by atoms with Crippen molar-refractivity contribution in [2.45, 2.75) is 92.6 Å². The highest BCUT2D eigenvalue weighted by Crippen LogP contribution is 2.29. The Morgan fingerprint density at radius 2 is 1.58 bits per heavy atom. The summed E-state index contributed by atoms with van der Waals surface area (Å²) in [6, 6.07) is 0. The Morgan fingerprint density at radius 1 is 1.04 bits per heavy atom. The molecule has 0 saturated heterocycles. The van der Waals surface area contributed by atoms with E-state index in [9.17, 15) is 0 Å². The van der Waals surface area contributed by atoms with Crippen molar-refractivity contribution in [2.24, 2.45) is 5.41 Å². The molecule has 0 atom stereocenters. The van der Waals surface area contributed by atoms with Gasteiger partial charge in [-0.3, -0.25) is 0 Å². The number of allylic oxidation sites excluding steroid dienone is 1. The molecule has 0 unspecified atom stereocenters. The monoisotopic (exact) mass is 346 g/mol. The van der Waals surface area contributed by atoms with Crippen LogP contribution in [-0.2, 0) is 9.78 Å². The predicted octanol–water partition coefficient (Wildman–Crippen LogP) is 6.29. The first kappa shape index (κ1) is 25.2. The Balaban J connectivity index is 0. The maximum atomic E-state index is 8.56. The van der Waals surface area contributed by atoms with Crippen LogP contribution in [0.5, 0.6) is 0 Å². The van der Waals surface area contributed by atoms with Gasteiger partial charge in [0.05, 0.1) is 12.2 Å². The third kappa shape index (κ3) is 20.9. The molecule has 0 aliphatic rings. The van der Waals surface area contributed by atoms with Crippen LogP contribution in [0.2, 0.25) is 0 Å². The summed E-state index contributed by atoms with van der Waals surface area (Å²) in [6.07, 6.45) is 7.28. The fraction of sp³-hybridized carbons (Fsp3) is 0.842. The second-order valence-corrected chi connectivity index (χ2v) is 7.81. The quantitative estimate of drug-likeness (QED) is 0.210. The molecule has 0 aliphatic carbocycles. The fourth-order valence-electron chi connectivity index (χ4n) is 2.70. The summed E-state index contributed by atoms with van der Waals surface area (Å²) >= 11 is 0. The predicted molar refractivity (Wildman–Crippen MR) is 98.4 cm³/mol. The lowest BCUT2D eigenvalue weighted by Gasteiger charge is -2.31. The van der Waals surface area contributed by atoms with Crippen molar-refractivity contribution in [1.29, 1.82) is 0 Å². The molecule has 0 spiro atoms. The molecule has 0 radical (unpaired) electrons. The molecule has 0 aromatic rings. The molecular formula is C19H38O5. The molecule has 144 valence electrons. The van der Waals surface area contributed by atoms with Crippen molar-refractivity contribution >= 4 is 6.16 Å². The standard InChI is InChI=1S/C18H36O2.CH2O3/c1-8-10-12-16(11-9-2)13-14-19-20-18(6,7)15-17(3,4)5;2-1(3)4/h11H,8-10,12-15H2,1-7H3;(H2,2,3,4). The van der Waals surface area contributed by atoms with Crippen LogP contribution in [0, 0.1) is 5.41 Å². The van der Waals surface area contributed by atoms with Crippen LogP contribution < -0.4 is 0 Å². The lowest BCUT2D eigenvalue weighted by atomic mass is 9.84. The zero-order chi connectivity index (χ0) is 19.2. The van der Waals surface area contributed by atoms with Gasteiger partial charge in [-0.2, -0.15) is 0 Å². The van der Waals surface area contributed by atoms with E-state index in [1.807, 2.05) is 0 Å². The molecular weight excluding hydrogens is 308 g/mol. The molecule has 5 heteroatoms. The number of rotatable bonds is 10. The Kier molecular flexibility index (Phi) is 13.9. The van der Waals surface area contributed by atoms with Gasteiger partial charge in [0.2, 0.25) is 0 Å². The molecule has 0 aromatic heterocycles. The van der Waals surface area contributed by atoms with Crippen LogP contribution in [0.1, 0.15) is 87.0 Å². The molecule has 0 bridgehead atoms. The highest BCUT2D eigenvalue weighted by Gasteiger charge is 2.27. The van der Waals surface area contributed by atoms with E-state index in [1.54, 1.807) is 0 Å². The normalized spacial score (nSPS) is 12.5. The first-order valence-corrected chi connectivity index (χ1v) is 8.84. The molecule has 5 nitrogen and oxygen atoms in total. The molecule has 0 heterocycles. The van der Waals surface area contributed by atoms with Crippen LogP contribution in [0.15, 0.2) is 11.6 Å². The van der Waals surface area contributed by atoms with Crippen LogP contribution in [0.25, 0.3) is 0 Å². The van der Waals surface area contributed by atoms with E-state index in [0.29, 0.717) is 6.61 Å². The van der Waals surface area contributed by atoms with Gasteiger partial charge >= 0.3 is 6.16 Å². The Bertz CT molecular complexity index is 349. The van der Waals surface area contributed by atoms with Gasteiger partial charge in [0.1, 0.15) is 0 Å². The van der Waals surface area contributed by atoms with Crippen LogP contribution in [0.4, 0.5) is 4.79 Å². The van der Waals surface area contributed by atoms with Crippen LogP contribution in [-0.4, -0.2) is 28.6 Å². The van der Waals surface area contributed by atoms with Crippen molar-refractivity contribution < 1.29 is 24.8 Å². The molecule has 0 fully saturated rings. The third-order valence-electron chi connectivity index (χ3n) is 3.09. The molecule has 0 aliphatic heterocycles. The van der Waals surface area contributed by atoms with Crippen LogP contribution in [0.3, 0.4) is 0 Å². The summed E-state index contributed by atoms with van der Waals surface area (Å²) < 4.78 is 0. The summed E-state index contributed by atoms with van der Waals surface area (Å²) in [4.78, 5) is 19.6. The van der Waals surface area contributed by atoms with Gasteiger partial charge in [0.25, 0.3) is 0 Å². The second-order valence-electron chi connectivity index (χ2n) is 7.81. The summed E-state index contributed by atoms with van der Waals surface area (Å²) in [6.45, 7) is 16.0. The van der Waals surface area contributed by atoms with Crippen LogP contribution >= 0.6 is 0 Å². The fourth-order valence-corrected chi connectivity index (χ4v) is 2.70. The maximum absolute atomic E-state index is 8.56. The van der Waals surface area contributed by atoms with Gasteiger partial charge in [-0.15, -0.1) is 0 Å². The smallest absolute Gasteiger partial charge is 0.450 e. The number of carbonyl (C=O) groups is 1. The summed E-state index contributed by atoms with van der Waals surface area (Å²) in [5.74, 6) is 0. The van der Waals surface area contributed by atoms with E-state index >= 15 is 0 Å². The summed E-state index contributed by atoms with van der Waals surface area (Å²) in [5.41, 5.74) is 1.53. The lowest BCUT2D eigenvalue weighted by molar-refractivity contribution is -0.357. The van der Waals surface area contributed by atoms with Crippen molar-refractivity contribution in [3.8, 4) is 0 Å². The summed E-state index contributed by atoms with van der Waals surface area (Å²) in [5, 5.41) is 13.9. The van der Waals surface area contributed by atoms with Gasteiger partial charge in [0, 0.05) is 0 Å². The van der Waals surface area contributed by atoms with E-state index in [4.69, 9.17) is 24.8 Å². The maximum Gasteiger partial charge on any atom is 0.503 e. The lowest BCUT2D eigenvalue weighted by Crippen LogP contribution is -2.30. The van der Waals surface area contributed by atoms with E-state index in [2.05, 4.69) is 54.5 Å². The van der Waals surface area contributed by atoms with E-state index in [0.717, 1.165) is 19.3 Å². The topological polar surface area (TPSA) is 76.0 Å². The molecule has 0 amide bonds. The van der Waals surface area contributed by atoms with Crippen molar-refractivity contribution in [1.82, 2.24) is 0 Å². The largest absolute Gasteiger partial charge is 0.503 e. The van der Waals surface area contributed by atoms with Crippen molar-refractivity contribution in [3.63, 3.8) is 0 Å². The zero-order valence-corrected chi connectivity index (χ0v) is 16.6. The second kappa shape index (κ2) is 13.2. The van der Waals surface area contributed by atoms with Gasteiger partial charge in [-0.25, -0.2) is 14.6 Å². The zero-order valence-electron chi connectivity index (χ0n) is 16.6. The van der Waals surface area contributed by atoms with E-state index < -0.39 is 6.16 Å². The van der Waals surface area contributed by atoms with E-state index in [-0.39, 0.29) is 11.0 Å². The third-order valence-corrected chi connectivity index (χ3v) is 3.09. The average Bonchev–Trinajstić information content (AvgIpc) is 2.37. The number of unbranched alkanes of at least 4 members (excludes halogenated alkanes) is 1. The minimum atomic E-state index is -1.83. The van der Waals surface area contributed by atoms with Gasteiger partial charge in [-0.05, 0) is 51.4 Å². The highest BCUT2D eigenvalue weighted by molar-refractivity contribution is 5.53. The number of hydrogen-bond donors (Lipinski definition) is 2. The molecule has 0 saturated carbocycles. The SMILES string of the molecule is CCC=C(CCCC)CCOOC(C)(C)CC(C)(C)C.O=C(O)O. The minimum absolute atomic E-state index is 0.226. The average molecular weight is 347 g/mol. The Labute approximate surface area is 148 Å². The van der Waals surface area contributed by atoms with Crippen molar-refractivity contribution in [3.05, 3.63) is 11.6 Å². The van der Waals surface area contributed by atoms with Gasteiger partial charge < -0.3 is 10.2 Å². The Morgan fingerprint density at radius 3 is 2.00 bits per heavy atom. The number of hydrogen-bond acceptors (Lipinski definition) is 3. The first-order valence-electron chi connectivity index (χ1n) is 8.84. The minimum Gasteiger partial charge on any atom is -0.450 e. The number of carboxylic acid groups (broad SMARTS) is 2.